The van der Waals surface area contributed by atoms with Crippen LogP contribution < -0.4 is 5.32 Å². The van der Waals surface area contributed by atoms with Crippen molar-refractivity contribution in [1.29, 1.82) is 0 Å². The maximum atomic E-state index is 12.9. The van der Waals surface area contributed by atoms with E-state index in [4.69, 9.17) is 11.6 Å². The highest BCUT2D eigenvalue weighted by molar-refractivity contribution is 7.89. The van der Waals surface area contributed by atoms with Gasteiger partial charge in [-0.25, -0.2) is 8.42 Å². The van der Waals surface area contributed by atoms with Crippen LogP contribution in [0.2, 0.25) is 5.02 Å². The van der Waals surface area contributed by atoms with Gasteiger partial charge in [0.15, 0.2) is 0 Å². The van der Waals surface area contributed by atoms with E-state index in [0.717, 1.165) is 31.2 Å². The van der Waals surface area contributed by atoms with E-state index in [-0.39, 0.29) is 6.04 Å². The number of sulfonamides is 1. The van der Waals surface area contributed by atoms with Gasteiger partial charge in [0.2, 0.25) is 10.0 Å². The molecule has 21 heavy (non-hydrogen) atoms. The maximum absolute atomic E-state index is 12.9. The molecule has 1 aromatic carbocycles. The molecule has 0 bridgehead atoms. The summed E-state index contributed by atoms with van der Waals surface area (Å²) in [7, 11) is -1.58. The molecule has 3 rings (SSSR count). The molecule has 0 unspecified atom stereocenters. The van der Waals surface area contributed by atoms with Crippen molar-refractivity contribution in [2.45, 2.75) is 43.2 Å². The van der Waals surface area contributed by atoms with Crippen LogP contribution in [0.4, 0.5) is 0 Å². The van der Waals surface area contributed by atoms with Crippen LogP contribution in [0.3, 0.4) is 0 Å². The highest BCUT2D eigenvalue weighted by atomic mass is 35.5. The van der Waals surface area contributed by atoms with Crippen LogP contribution in [0.5, 0.6) is 0 Å². The third kappa shape index (κ3) is 3.42. The van der Waals surface area contributed by atoms with Crippen molar-refractivity contribution >= 4 is 21.6 Å². The summed E-state index contributed by atoms with van der Waals surface area (Å²) in [6, 6.07) is 5.27. The molecular formula is C15H21ClN2O2S. The largest absolute Gasteiger partial charge is 0.316 e. The Morgan fingerprint density at radius 1 is 1.29 bits per heavy atom. The summed E-state index contributed by atoms with van der Waals surface area (Å²) in [5.74, 6) is 0.555. The Kier molecular flexibility index (Phi) is 4.28. The molecule has 0 saturated heterocycles. The minimum absolute atomic E-state index is 0.200. The molecule has 1 aromatic rings. The van der Waals surface area contributed by atoms with Gasteiger partial charge in [-0.2, -0.15) is 4.31 Å². The molecular weight excluding hydrogens is 308 g/mol. The fourth-order valence-corrected chi connectivity index (χ4v) is 4.62. The monoisotopic (exact) mass is 328 g/mol. The Morgan fingerprint density at radius 3 is 2.52 bits per heavy atom. The molecule has 2 aliphatic carbocycles. The van der Waals surface area contributed by atoms with Crippen molar-refractivity contribution in [3.05, 3.63) is 28.8 Å². The fraction of sp³-hybridized carbons (Fsp3) is 0.600. The zero-order valence-electron chi connectivity index (χ0n) is 12.2. The molecule has 1 N–H and O–H groups in total. The lowest BCUT2D eigenvalue weighted by Crippen LogP contribution is -2.35. The first kappa shape index (κ1) is 15.3. The van der Waals surface area contributed by atoms with Crippen molar-refractivity contribution in [1.82, 2.24) is 9.62 Å². The molecule has 6 heteroatoms. The van der Waals surface area contributed by atoms with Crippen molar-refractivity contribution in [3.8, 4) is 0 Å². The van der Waals surface area contributed by atoms with E-state index in [1.165, 1.54) is 0 Å². The Bertz CT molecular complexity index is 625. The van der Waals surface area contributed by atoms with Gasteiger partial charge in [0.25, 0.3) is 0 Å². The molecule has 2 aliphatic rings. The predicted octanol–water partition coefficient (Wildman–Crippen LogP) is 2.62. The quantitative estimate of drug-likeness (QED) is 0.837. The summed E-state index contributed by atoms with van der Waals surface area (Å²) in [6.45, 7) is 1.30. The topological polar surface area (TPSA) is 49.4 Å². The molecule has 0 amide bonds. The number of benzene rings is 1. The van der Waals surface area contributed by atoms with Gasteiger partial charge in [-0.15, -0.1) is 0 Å². The van der Waals surface area contributed by atoms with Crippen LogP contribution in [0.1, 0.15) is 31.2 Å². The van der Waals surface area contributed by atoms with E-state index in [9.17, 15) is 8.42 Å². The number of nitrogens with zero attached hydrogens (tertiary/aromatic N) is 1. The first-order valence-electron chi connectivity index (χ1n) is 7.47. The third-order valence-electron chi connectivity index (χ3n) is 4.09. The number of rotatable bonds is 7. The van der Waals surface area contributed by atoms with Crippen LogP contribution in [-0.4, -0.2) is 32.4 Å². The standard InChI is InChI=1S/C15H21ClN2O2S/c1-17-9-12-4-7-14(8-15(12)16)21(19,20)18(13-5-6-13)10-11-2-3-11/h4,7-8,11,13,17H,2-3,5-6,9-10H2,1H3. The van der Waals surface area contributed by atoms with Crippen molar-refractivity contribution < 1.29 is 8.42 Å². The molecule has 4 nitrogen and oxygen atoms in total. The lowest BCUT2D eigenvalue weighted by molar-refractivity contribution is 0.389. The number of nitrogens with one attached hydrogen (secondary N) is 1. The summed E-state index contributed by atoms with van der Waals surface area (Å²) in [5.41, 5.74) is 0.915. The van der Waals surface area contributed by atoms with Gasteiger partial charge in [0.05, 0.1) is 4.90 Å². The highest BCUT2D eigenvalue weighted by Crippen LogP contribution is 2.38. The number of hydrogen-bond acceptors (Lipinski definition) is 3. The van der Waals surface area contributed by atoms with E-state index in [1.807, 2.05) is 7.05 Å². The summed E-state index contributed by atoms with van der Waals surface area (Å²) < 4.78 is 27.4. The lowest BCUT2D eigenvalue weighted by Gasteiger charge is -2.22. The second-order valence-electron chi connectivity index (χ2n) is 6.03. The summed E-state index contributed by atoms with van der Waals surface area (Å²) in [6.07, 6.45) is 4.27. The van der Waals surface area contributed by atoms with E-state index in [1.54, 1.807) is 22.5 Å². The number of hydrogen-bond donors (Lipinski definition) is 1. The second-order valence-corrected chi connectivity index (χ2v) is 8.33. The summed E-state index contributed by atoms with van der Waals surface area (Å²) >= 11 is 6.21. The molecule has 2 fully saturated rings. The van der Waals surface area contributed by atoms with Crippen LogP contribution in [-0.2, 0) is 16.6 Å². The minimum Gasteiger partial charge on any atom is -0.316 e. The second kappa shape index (κ2) is 5.88. The Labute approximate surface area is 131 Å². The van der Waals surface area contributed by atoms with Crippen molar-refractivity contribution in [2.75, 3.05) is 13.6 Å². The molecule has 0 radical (unpaired) electrons. The van der Waals surface area contributed by atoms with Gasteiger partial charge in [0, 0.05) is 24.2 Å². The predicted molar refractivity (Wildman–Crippen MR) is 83.9 cm³/mol. The molecule has 0 aliphatic heterocycles. The molecule has 0 atom stereocenters. The van der Waals surface area contributed by atoms with Crippen LogP contribution in [0.25, 0.3) is 0 Å². The first-order chi connectivity index (χ1) is 10.0. The Morgan fingerprint density at radius 2 is 2.00 bits per heavy atom. The van der Waals surface area contributed by atoms with Crippen molar-refractivity contribution in [3.63, 3.8) is 0 Å². The van der Waals surface area contributed by atoms with E-state index < -0.39 is 10.0 Å². The van der Waals surface area contributed by atoms with Gasteiger partial charge in [0.1, 0.15) is 0 Å². The van der Waals surface area contributed by atoms with E-state index in [2.05, 4.69) is 5.32 Å². The molecule has 2 saturated carbocycles. The average Bonchev–Trinajstić information content (AvgIpc) is 3.32. The normalized spacial score (nSPS) is 19.2. The minimum atomic E-state index is -3.42. The van der Waals surface area contributed by atoms with Gasteiger partial charge in [-0.05, 0) is 56.3 Å². The molecule has 0 heterocycles. The Hall–Kier alpha value is -0.620. The maximum Gasteiger partial charge on any atom is 0.243 e. The van der Waals surface area contributed by atoms with Crippen LogP contribution in [0, 0.1) is 5.92 Å². The number of halogens is 1. The zero-order chi connectivity index (χ0) is 15.0. The van der Waals surface area contributed by atoms with Crippen LogP contribution in [0.15, 0.2) is 23.1 Å². The third-order valence-corrected chi connectivity index (χ3v) is 6.35. The first-order valence-corrected chi connectivity index (χ1v) is 9.29. The summed E-state index contributed by atoms with van der Waals surface area (Å²) in [4.78, 5) is 0.319. The smallest absolute Gasteiger partial charge is 0.243 e. The van der Waals surface area contributed by atoms with Gasteiger partial charge in [-0.1, -0.05) is 17.7 Å². The summed E-state index contributed by atoms with van der Waals surface area (Å²) in [5, 5.41) is 3.53. The van der Waals surface area contributed by atoms with Gasteiger partial charge in [-0.3, -0.25) is 0 Å². The van der Waals surface area contributed by atoms with Gasteiger partial charge < -0.3 is 5.32 Å². The SMILES string of the molecule is CNCc1ccc(S(=O)(=O)N(CC2CC2)C2CC2)cc1Cl. The highest BCUT2D eigenvalue weighted by Gasteiger charge is 2.41. The Balaban J connectivity index is 1.87. The molecule has 0 spiro atoms. The van der Waals surface area contributed by atoms with E-state index >= 15 is 0 Å². The van der Waals surface area contributed by atoms with Crippen LogP contribution >= 0.6 is 11.6 Å². The molecule has 0 aromatic heterocycles. The molecule has 116 valence electrons. The fourth-order valence-electron chi connectivity index (χ4n) is 2.52. The van der Waals surface area contributed by atoms with Crippen molar-refractivity contribution in [2.24, 2.45) is 5.92 Å². The lowest BCUT2D eigenvalue weighted by atomic mass is 10.2. The van der Waals surface area contributed by atoms with E-state index in [0.29, 0.717) is 28.9 Å². The van der Waals surface area contributed by atoms with Gasteiger partial charge >= 0.3 is 0 Å². The zero-order valence-corrected chi connectivity index (χ0v) is 13.8. The average molecular weight is 329 g/mol.